The summed E-state index contributed by atoms with van der Waals surface area (Å²) in [6.45, 7) is 4.73. The molecule has 0 aliphatic carbocycles. The summed E-state index contributed by atoms with van der Waals surface area (Å²) in [6, 6.07) is 2.95. The Morgan fingerprint density at radius 1 is 1.42 bits per heavy atom. The Hall–Kier alpha value is -2.68. The van der Waals surface area contributed by atoms with Crippen molar-refractivity contribution >= 4 is 17.7 Å². The molecule has 2 aliphatic rings. The predicted octanol–water partition coefficient (Wildman–Crippen LogP) is 0.0706. The monoisotopic (exact) mass is 364 g/mol. The van der Waals surface area contributed by atoms with Gasteiger partial charge in [-0.25, -0.2) is 4.79 Å². The Morgan fingerprint density at radius 3 is 2.81 bits per heavy atom. The highest BCUT2D eigenvalue weighted by Crippen LogP contribution is 2.40. The third kappa shape index (κ3) is 3.62. The molecule has 9 heteroatoms. The smallest absolute Gasteiger partial charge is 0.404 e. The van der Waals surface area contributed by atoms with Crippen molar-refractivity contribution in [3.8, 4) is 11.5 Å². The quantitative estimate of drug-likeness (QED) is 0.464. The highest BCUT2D eigenvalue weighted by Gasteiger charge is 2.40. The van der Waals surface area contributed by atoms with E-state index in [4.69, 9.17) is 26.0 Å². The molecular formula is C17H24N4O5. The number of primary amides is 1. The molecule has 26 heavy (non-hydrogen) atoms. The van der Waals surface area contributed by atoms with Crippen molar-refractivity contribution in [2.24, 2.45) is 11.7 Å². The topological polar surface area (TPSA) is 149 Å². The number of nitrogen functional groups attached to an aromatic ring is 1. The first-order valence-corrected chi connectivity index (χ1v) is 8.44. The van der Waals surface area contributed by atoms with Gasteiger partial charge >= 0.3 is 6.09 Å². The van der Waals surface area contributed by atoms with Gasteiger partial charge in [-0.2, -0.15) is 0 Å². The Balaban J connectivity index is 1.83. The van der Waals surface area contributed by atoms with E-state index in [1.54, 1.807) is 12.1 Å². The SMILES string of the molecule is CC1(C)Cc2cc(N)c(OC(C(N)=O)C3CNCC3NC(=O)O)cc2O1. The number of carbonyl (C=O) groups excluding carboxylic acids is 1. The van der Waals surface area contributed by atoms with Gasteiger partial charge in [0.25, 0.3) is 5.91 Å². The van der Waals surface area contributed by atoms with Crippen LogP contribution < -0.4 is 31.6 Å². The summed E-state index contributed by atoms with van der Waals surface area (Å²) in [7, 11) is 0. The summed E-state index contributed by atoms with van der Waals surface area (Å²) < 4.78 is 11.7. The molecule has 142 valence electrons. The number of anilines is 1. The standard InChI is InChI=1S/C17H24N4O5/c1-17(2)5-8-3-10(18)13(4-12(8)26-17)25-14(15(19)22)9-6-20-7-11(9)21-16(23)24/h3-4,9,11,14,20-21H,5-7,18H2,1-2H3,(H2,19,22)(H,23,24). The average Bonchev–Trinajstić information content (AvgIpc) is 3.06. The second-order valence-electron chi connectivity index (χ2n) is 7.36. The van der Waals surface area contributed by atoms with Crippen molar-refractivity contribution in [1.82, 2.24) is 10.6 Å². The lowest BCUT2D eigenvalue weighted by Gasteiger charge is -2.27. The molecule has 0 saturated carbocycles. The van der Waals surface area contributed by atoms with Gasteiger partial charge in [-0.05, 0) is 19.9 Å². The van der Waals surface area contributed by atoms with Gasteiger partial charge in [0.2, 0.25) is 0 Å². The molecule has 0 spiro atoms. The van der Waals surface area contributed by atoms with Gasteiger partial charge in [-0.3, -0.25) is 4.79 Å². The molecule has 1 saturated heterocycles. The van der Waals surface area contributed by atoms with Gasteiger partial charge in [0, 0.05) is 37.1 Å². The largest absolute Gasteiger partial charge is 0.487 e. The lowest BCUT2D eigenvalue weighted by molar-refractivity contribution is -0.127. The number of nitrogens with two attached hydrogens (primary N) is 2. The number of rotatable bonds is 5. The van der Waals surface area contributed by atoms with Gasteiger partial charge in [0.15, 0.2) is 6.10 Å². The second kappa shape index (κ2) is 6.56. The maximum atomic E-state index is 12.0. The molecule has 7 N–H and O–H groups in total. The second-order valence-corrected chi connectivity index (χ2v) is 7.36. The number of nitrogens with one attached hydrogen (secondary N) is 2. The van der Waals surface area contributed by atoms with Crippen LogP contribution in [0.4, 0.5) is 10.5 Å². The number of carbonyl (C=O) groups is 2. The van der Waals surface area contributed by atoms with E-state index in [-0.39, 0.29) is 5.60 Å². The van der Waals surface area contributed by atoms with Crippen molar-refractivity contribution in [3.05, 3.63) is 17.7 Å². The van der Waals surface area contributed by atoms with Crippen LogP contribution in [0.25, 0.3) is 0 Å². The lowest BCUT2D eigenvalue weighted by Crippen LogP contribution is -2.50. The maximum absolute atomic E-state index is 12.0. The van der Waals surface area contributed by atoms with Gasteiger partial charge < -0.3 is 36.7 Å². The number of ether oxygens (including phenoxy) is 2. The number of fused-ring (bicyclic) bond motifs is 1. The summed E-state index contributed by atoms with van der Waals surface area (Å²) in [5.74, 6) is -0.177. The van der Waals surface area contributed by atoms with E-state index in [0.717, 1.165) is 12.0 Å². The Labute approximate surface area is 151 Å². The molecule has 1 fully saturated rings. The molecule has 1 aromatic carbocycles. The van der Waals surface area contributed by atoms with E-state index in [2.05, 4.69) is 10.6 Å². The molecule has 3 atom stereocenters. The number of benzene rings is 1. The fourth-order valence-electron chi connectivity index (χ4n) is 3.58. The van der Waals surface area contributed by atoms with Crippen LogP contribution in [-0.4, -0.2) is 47.9 Å². The zero-order valence-electron chi connectivity index (χ0n) is 14.7. The van der Waals surface area contributed by atoms with Gasteiger partial charge in [0.1, 0.15) is 17.1 Å². The molecule has 0 bridgehead atoms. The molecule has 0 aromatic heterocycles. The summed E-state index contributed by atoms with van der Waals surface area (Å²) in [4.78, 5) is 23.0. The summed E-state index contributed by atoms with van der Waals surface area (Å²) in [5.41, 5.74) is 12.6. The normalized spacial score (nSPS) is 24.4. The highest BCUT2D eigenvalue weighted by molar-refractivity contribution is 5.80. The number of hydrogen-bond donors (Lipinski definition) is 5. The van der Waals surface area contributed by atoms with Crippen LogP contribution in [0.3, 0.4) is 0 Å². The third-order valence-electron chi connectivity index (χ3n) is 4.69. The molecule has 0 radical (unpaired) electrons. The lowest BCUT2D eigenvalue weighted by atomic mass is 9.96. The first kappa shape index (κ1) is 18.1. The number of hydrogen-bond acceptors (Lipinski definition) is 6. The first-order valence-electron chi connectivity index (χ1n) is 8.44. The maximum Gasteiger partial charge on any atom is 0.404 e. The van der Waals surface area contributed by atoms with Crippen molar-refractivity contribution in [3.63, 3.8) is 0 Å². The Bertz CT molecular complexity index is 736. The predicted molar refractivity (Wildman–Crippen MR) is 94.2 cm³/mol. The summed E-state index contributed by atoms with van der Waals surface area (Å²) >= 11 is 0. The van der Waals surface area contributed by atoms with E-state index >= 15 is 0 Å². The van der Waals surface area contributed by atoms with Crippen LogP contribution >= 0.6 is 0 Å². The molecule has 3 rings (SSSR count). The minimum absolute atomic E-state index is 0.297. The van der Waals surface area contributed by atoms with Gasteiger partial charge in [-0.15, -0.1) is 0 Å². The molecule has 2 aliphatic heterocycles. The van der Waals surface area contributed by atoms with E-state index < -0.39 is 30.1 Å². The van der Waals surface area contributed by atoms with E-state index in [1.807, 2.05) is 13.8 Å². The molecule has 3 unspecified atom stereocenters. The fourth-order valence-corrected chi connectivity index (χ4v) is 3.58. The first-order chi connectivity index (χ1) is 12.2. The molecule has 1 aromatic rings. The van der Waals surface area contributed by atoms with Crippen LogP contribution in [0.2, 0.25) is 0 Å². The molecule has 2 heterocycles. The van der Waals surface area contributed by atoms with E-state index in [9.17, 15) is 9.59 Å². The molecule has 2 amide bonds. The average molecular weight is 364 g/mol. The molecular weight excluding hydrogens is 340 g/mol. The fraction of sp³-hybridized carbons (Fsp3) is 0.529. The van der Waals surface area contributed by atoms with E-state index in [0.29, 0.717) is 30.3 Å². The van der Waals surface area contributed by atoms with Crippen LogP contribution in [0.15, 0.2) is 12.1 Å². The van der Waals surface area contributed by atoms with Crippen molar-refractivity contribution in [2.45, 2.75) is 38.0 Å². The van der Waals surface area contributed by atoms with E-state index in [1.165, 1.54) is 0 Å². The number of amides is 2. The van der Waals surface area contributed by atoms with Crippen molar-refractivity contribution in [2.75, 3.05) is 18.8 Å². The van der Waals surface area contributed by atoms with Crippen LogP contribution in [-0.2, 0) is 11.2 Å². The minimum Gasteiger partial charge on any atom is -0.487 e. The Kier molecular flexibility index (Phi) is 4.57. The zero-order valence-corrected chi connectivity index (χ0v) is 14.7. The van der Waals surface area contributed by atoms with Crippen LogP contribution in [0, 0.1) is 5.92 Å². The van der Waals surface area contributed by atoms with Crippen molar-refractivity contribution < 1.29 is 24.2 Å². The van der Waals surface area contributed by atoms with Gasteiger partial charge in [0.05, 0.1) is 11.7 Å². The number of carboxylic acid groups (broad SMARTS) is 1. The Morgan fingerprint density at radius 2 is 2.15 bits per heavy atom. The molecule has 9 nitrogen and oxygen atoms in total. The zero-order chi connectivity index (χ0) is 19.1. The minimum atomic E-state index is -1.17. The van der Waals surface area contributed by atoms with Gasteiger partial charge in [-0.1, -0.05) is 0 Å². The summed E-state index contributed by atoms with van der Waals surface area (Å²) in [6.07, 6.45) is -1.47. The van der Waals surface area contributed by atoms with Crippen molar-refractivity contribution in [1.29, 1.82) is 0 Å². The van der Waals surface area contributed by atoms with Crippen LogP contribution in [0.1, 0.15) is 19.4 Å². The summed E-state index contributed by atoms with van der Waals surface area (Å²) in [5, 5.41) is 14.4. The third-order valence-corrected chi connectivity index (χ3v) is 4.69. The highest BCUT2D eigenvalue weighted by atomic mass is 16.5. The van der Waals surface area contributed by atoms with Crippen LogP contribution in [0.5, 0.6) is 11.5 Å².